The fourth-order valence-corrected chi connectivity index (χ4v) is 4.81. The second-order valence-corrected chi connectivity index (χ2v) is 9.46. The van der Waals surface area contributed by atoms with Crippen molar-refractivity contribution in [3.8, 4) is 34.1 Å². The molecule has 208 valence electrons. The quantitative estimate of drug-likeness (QED) is 0.224. The van der Waals surface area contributed by atoms with Gasteiger partial charge < -0.3 is 39.1 Å². The Morgan fingerprint density at radius 3 is 2.68 bits per heavy atom. The van der Waals surface area contributed by atoms with Crippen LogP contribution in [0.1, 0.15) is 5.56 Å². The number of fused-ring (bicyclic) bond motifs is 3. The lowest BCUT2D eigenvalue weighted by molar-refractivity contribution is -0.142. The van der Waals surface area contributed by atoms with Gasteiger partial charge >= 0.3 is 5.97 Å². The average Bonchev–Trinajstić information content (AvgIpc) is 3.38. The SMILES string of the molecule is O=C(COc1cc(O)c2c(=O)c(-c3ccc4c(c3)OCCO4)coc2c1)N[C@@H](Cc1c[nH]c2ccccc12)C(=O)O. The highest BCUT2D eigenvalue weighted by Gasteiger charge is 2.23. The van der Waals surface area contributed by atoms with Gasteiger partial charge in [-0.25, -0.2) is 4.79 Å². The fraction of sp³-hybridized carbons (Fsp3) is 0.167. The van der Waals surface area contributed by atoms with Crippen molar-refractivity contribution in [2.75, 3.05) is 19.8 Å². The molecule has 1 aliphatic heterocycles. The first-order valence-corrected chi connectivity index (χ1v) is 12.8. The molecular weight excluding hydrogens is 532 g/mol. The van der Waals surface area contributed by atoms with Gasteiger partial charge in [0.05, 0.1) is 5.56 Å². The van der Waals surface area contributed by atoms with Crippen LogP contribution in [-0.4, -0.2) is 52.9 Å². The van der Waals surface area contributed by atoms with Crippen LogP contribution >= 0.6 is 0 Å². The third-order valence-corrected chi connectivity index (χ3v) is 6.79. The molecule has 1 aliphatic rings. The molecule has 4 N–H and O–H groups in total. The van der Waals surface area contributed by atoms with Gasteiger partial charge in [-0.3, -0.25) is 9.59 Å². The number of phenolic OH excluding ortho intramolecular Hbond substituents is 1. The van der Waals surface area contributed by atoms with Crippen LogP contribution in [0.4, 0.5) is 0 Å². The van der Waals surface area contributed by atoms with Gasteiger partial charge in [-0.15, -0.1) is 0 Å². The first-order valence-electron chi connectivity index (χ1n) is 12.8. The summed E-state index contributed by atoms with van der Waals surface area (Å²) in [5.41, 5.74) is 1.94. The Labute approximate surface area is 231 Å². The van der Waals surface area contributed by atoms with Gasteiger partial charge in [0, 0.05) is 35.7 Å². The number of H-pyrrole nitrogens is 1. The normalized spacial score (nSPS) is 13.2. The van der Waals surface area contributed by atoms with Crippen LogP contribution in [0.3, 0.4) is 0 Å². The number of aromatic hydroxyl groups is 1. The second kappa shape index (κ2) is 10.6. The molecule has 1 atom stereocenters. The summed E-state index contributed by atoms with van der Waals surface area (Å²) >= 11 is 0. The molecule has 0 radical (unpaired) electrons. The summed E-state index contributed by atoms with van der Waals surface area (Å²) in [5.74, 6) is -1.12. The van der Waals surface area contributed by atoms with E-state index in [2.05, 4.69) is 10.3 Å². The summed E-state index contributed by atoms with van der Waals surface area (Å²) in [6.45, 7) is 0.309. The lowest BCUT2D eigenvalue weighted by Gasteiger charge is -2.18. The van der Waals surface area contributed by atoms with Crippen molar-refractivity contribution in [2.24, 2.45) is 0 Å². The minimum atomic E-state index is -1.19. The minimum absolute atomic E-state index is 0.0504. The highest BCUT2D eigenvalue weighted by molar-refractivity contribution is 5.89. The lowest BCUT2D eigenvalue weighted by atomic mass is 10.0. The Balaban J connectivity index is 1.16. The maximum atomic E-state index is 13.2. The van der Waals surface area contributed by atoms with E-state index in [1.54, 1.807) is 24.4 Å². The average molecular weight is 557 g/mol. The Kier molecular flexibility index (Phi) is 6.68. The molecule has 5 aromatic rings. The third-order valence-electron chi connectivity index (χ3n) is 6.79. The van der Waals surface area contributed by atoms with Gasteiger partial charge in [-0.05, 0) is 29.3 Å². The number of ether oxygens (including phenoxy) is 3. The lowest BCUT2D eigenvalue weighted by Crippen LogP contribution is -2.44. The largest absolute Gasteiger partial charge is 0.507 e. The number of aromatic nitrogens is 1. The van der Waals surface area contributed by atoms with Crippen LogP contribution in [0.15, 0.2) is 76.3 Å². The molecule has 0 saturated heterocycles. The maximum absolute atomic E-state index is 13.2. The van der Waals surface area contributed by atoms with E-state index in [9.17, 15) is 24.6 Å². The number of rotatable bonds is 8. The summed E-state index contributed by atoms with van der Waals surface area (Å²) in [4.78, 5) is 40.7. The molecule has 0 spiro atoms. The number of phenols is 1. The topological polar surface area (TPSA) is 160 Å². The molecule has 2 aromatic heterocycles. The number of carbonyl (C=O) groups excluding carboxylic acids is 1. The molecular formula is C30H24N2O9. The highest BCUT2D eigenvalue weighted by atomic mass is 16.6. The van der Waals surface area contributed by atoms with E-state index in [4.69, 9.17) is 18.6 Å². The van der Waals surface area contributed by atoms with Crippen molar-refractivity contribution >= 4 is 33.7 Å². The smallest absolute Gasteiger partial charge is 0.326 e. The summed E-state index contributed by atoms with van der Waals surface area (Å²) < 4.78 is 22.3. The number of benzene rings is 3. The molecule has 3 aromatic carbocycles. The van der Waals surface area contributed by atoms with Gasteiger partial charge in [0.1, 0.15) is 48.0 Å². The van der Waals surface area contributed by atoms with E-state index in [1.807, 2.05) is 24.3 Å². The van der Waals surface area contributed by atoms with Crippen molar-refractivity contribution < 1.29 is 38.4 Å². The van der Waals surface area contributed by atoms with E-state index < -0.39 is 35.7 Å². The third kappa shape index (κ3) is 5.12. The molecule has 0 bridgehead atoms. The molecule has 11 heteroatoms. The number of carboxylic acid groups (broad SMARTS) is 1. The molecule has 0 fully saturated rings. The van der Waals surface area contributed by atoms with Gasteiger partial charge in [0.15, 0.2) is 18.1 Å². The summed E-state index contributed by atoms with van der Waals surface area (Å²) in [6.07, 6.45) is 3.06. The predicted octanol–water partition coefficient (Wildman–Crippen LogP) is 3.61. The molecule has 41 heavy (non-hydrogen) atoms. The number of carbonyl (C=O) groups is 2. The number of carboxylic acids is 1. The fourth-order valence-electron chi connectivity index (χ4n) is 4.81. The highest BCUT2D eigenvalue weighted by Crippen LogP contribution is 2.35. The van der Waals surface area contributed by atoms with Gasteiger partial charge in [-0.1, -0.05) is 24.3 Å². The van der Waals surface area contributed by atoms with E-state index in [1.165, 1.54) is 18.4 Å². The van der Waals surface area contributed by atoms with Gasteiger partial charge in [-0.2, -0.15) is 0 Å². The number of hydrogen-bond donors (Lipinski definition) is 4. The zero-order valence-electron chi connectivity index (χ0n) is 21.5. The van der Waals surface area contributed by atoms with Crippen LogP contribution in [-0.2, 0) is 16.0 Å². The van der Waals surface area contributed by atoms with Crippen LogP contribution in [0.25, 0.3) is 33.0 Å². The van der Waals surface area contributed by atoms with Crippen molar-refractivity contribution in [2.45, 2.75) is 12.5 Å². The maximum Gasteiger partial charge on any atom is 0.326 e. The zero-order chi connectivity index (χ0) is 28.5. The van der Waals surface area contributed by atoms with Crippen LogP contribution in [0.2, 0.25) is 0 Å². The standard InChI is InChI=1S/C30H24N2O9/c33-23-11-18(40-15-27(34)32-22(30(36)37)9-17-13-31-21-4-2-1-3-19(17)21)12-26-28(23)29(35)20(14-41-26)16-5-6-24-25(10-16)39-8-7-38-24/h1-6,10-14,22,31,33H,7-9,15H2,(H,32,34)(H,36,37)/t22-/m0/s1. The predicted molar refractivity (Wildman–Crippen MR) is 148 cm³/mol. The molecule has 11 nitrogen and oxygen atoms in total. The number of aliphatic carboxylic acids is 1. The second-order valence-electron chi connectivity index (χ2n) is 9.46. The van der Waals surface area contributed by atoms with Crippen molar-refractivity contribution in [3.05, 3.63) is 82.8 Å². The van der Waals surface area contributed by atoms with Crippen LogP contribution in [0.5, 0.6) is 23.0 Å². The molecule has 6 rings (SSSR count). The number of amides is 1. The van der Waals surface area contributed by atoms with E-state index >= 15 is 0 Å². The van der Waals surface area contributed by atoms with E-state index in [0.717, 1.165) is 16.5 Å². The summed E-state index contributed by atoms with van der Waals surface area (Å²) in [6, 6.07) is 13.9. The first kappa shape index (κ1) is 25.8. The Morgan fingerprint density at radius 2 is 1.85 bits per heavy atom. The molecule has 0 unspecified atom stereocenters. The Hall–Kier alpha value is -5.45. The summed E-state index contributed by atoms with van der Waals surface area (Å²) in [7, 11) is 0. The number of nitrogens with one attached hydrogen (secondary N) is 2. The monoisotopic (exact) mass is 556 g/mol. The number of hydrogen-bond acceptors (Lipinski definition) is 8. The van der Waals surface area contributed by atoms with Crippen molar-refractivity contribution in [1.29, 1.82) is 0 Å². The van der Waals surface area contributed by atoms with Crippen molar-refractivity contribution in [3.63, 3.8) is 0 Å². The van der Waals surface area contributed by atoms with Crippen LogP contribution < -0.4 is 25.0 Å². The van der Waals surface area contributed by atoms with Gasteiger partial charge in [0.2, 0.25) is 5.43 Å². The van der Waals surface area contributed by atoms with E-state index in [-0.39, 0.29) is 28.7 Å². The molecule has 1 amide bonds. The van der Waals surface area contributed by atoms with Crippen LogP contribution in [0, 0.1) is 0 Å². The summed E-state index contributed by atoms with van der Waals surface area (Å²) in [5, 5.41) is 23.6. The Morgan fingerprint density at radius 1 is 1.05 bits per heavy atom. The molecule has 0 aliphatic carbocycles. The molecule has 0 saturated carbocycles. The molecule has 3 heterocycles. The van der Waals surface area contributed by atoms with Crippen molar-refractivity contribution in [1.82, 2.24) is 10.3 Å². The first-order chi connectivity index (χ1) is 19.9. The number of para-hydroxylation sites is 1. The number of aromatic amines is 1. The zero-order valence-corrected chi connectivity index (χ0v) is 21.5. The van der Waals surface area contributed by atoms with Gasteiger partial charge in [0.25, 0.3) is 5.91 Å². The Bertz CT molecular complexity index is 1860. The minimum Gasteiger partial charge on any atom is -0.507 e. The van der Waals surface area contributed by atoms with E-state index in [0.29, 0.717) is 30.3 Å².